The first kappa shape index (κ1) is 17.3. The molecule has 0 unspecified atom stereocenters. The van der Waals surface area contributed by atoms with Crippen molar-refractivity contribution in [2.24, 2.45) is 0 Å². The van der Waals surface area contributed by atoms with Gasteiger partial charge >= 0.3 is 15.5 Å². The Labute approximate surface area is 129 Å². The normalized spacial score (nSPS) is 18.3. The molecule has 2 rings (SSSR count). The van der Waals surface area contributed by atoms with Gasteiger partial charge in [-0.25, -0.2) is 13.1 Å². The summed E-state index contributed by atoms with van der Waals surface area (Å²) in [4.78, 5) is 0. The highest BCUT2D eigenvalue weighted by atomic mass is 32.2. The molecule has 1 aliphatic rings. The van der Waals surface area contributed by atoms with Gasteiger partial charge in [0.1, 0.15) is 0 Å². The Morgan fingerprint density at radius 1 is 1.09 bits per heavy atom. The van der Waals surface area contributed by atoms with Gasteiger partial charge in [0, 0.05) is 12.0 Å². The Kier molecular flexibility index (Phi) is 4.11. The standard InChI is InChI=1S/C15H20F3NO2S/c1-13(2,3)11-4-6-12(7-5-11)14(8-9-14)10-19-22(20,21)15(16,17)18/h4-7,19H,8-10H2,1-3H3. The van der Waals surface area contributed by atoms with Crippen LogP contribution in [0.4, 0.5) is 13.2 Å². The molecule has 0 heterocycles. The summed E-state index contributed by atoms with van der Waals surface area (Å²) in [5, 5.41) is 0. The summed E-state index contributed by atoms with van der Waals surface area (Å²) in [6, 6.07) is 7.67. The van der Waals surface area contributed by atoms with Crippen molar-refractivity contribution in [3.63, 3.8) is 0 Å². The van der Waals surface area contributed by atoms with Crippen LogP contribution < -0.4 is 4.72 Å². The molecule has 1 saturated carbocycles. The van der Waals surface area contributed by atoms with E-state index in [0.717, 1.165) is 11.1 Å². The molecule has 0 saturated heterocycles. The van der Waals surface area contributed by atoms with Crippen molar-refractivity contribution < 1.29 is 21.6 Å². The average Bonchev–Trinajstić information content (AvgIpc) is 3.15. The molecule has 124 valence electrons. The first-order chi connectivity index (χ1) is 9.87. The van der Waals surface area contributed by atoms with Crippen molar-refractivity contribution in [2.75, 3.05) is 6.54 Å². The third kappa shape index (κ3) is 3.46. The Hall–Kier alpha value is -1.08. The SMILES string of the molecule is CC(C)(C)c1ccc(C2(CNS(=O)(=O)C(F)(F)F)CC2)cc1. The van der Waals surface area contributed by atoms with E-state index in [4.69, 9.17) is 0 Å². The van der Waals surface area contributed by atoms with Gasteiger partial charge in [-0.05, 0) is 29.4 Å². The van der Waals surface area contributed by atoms with Gasteiger partial charge in [-0.15, -0.1) is 0 Å². The van der Waals surface area contributed by atoms with Gasteiger partial charge in [0.05, 0.1) is 0 Å². The molecule has 1 fully saturated rings. The molecule has 3 nitrogen and oxygen atoms in total. The number of sulfonamides is 1. The summed E-state index contributed by atoms with van der Waals surface area (Å²) < 4.78 is 61.0. The zero-order valence-electron chi connectivity index (χ0n) is 12.8. The molecule has 0 bridgehead atoms. The lowest BCUT2D eigenvalue weighted by Gasteiger charge is -2.22. The minimum atomic E-state index is -5.28. The number of rotatable bonds is 4. The number of halogens is 3. The van der Waals surface area contributed by atoms with E-state index in [1.165, 1.54) is 0 Å². The number of hydrogen-bond donors (Lipinski definition) is 1. The predicted octanol–water partition coefficient (Wildman–Crippen LogP) is 3.45. The number of hydrogen-bond acceptors (Lipinski definition) is 2. The van der Waals surface area contributed by atoms with Crippen LogP contribution >= 0.6 is 0 Å². The van der Waals surface area contributed by atoms with Crippen LogP contribution in [0.15, 0.2) is 24.3 Å². The maximum Gasteiger partial charge on any atom is 0.511 e. The van der Waals surface area contributed by atoms with Gasteiger partial charge in [-0.1, -0.05) is 45.0 Å². The topological polar surface area (TPSA) is 46.2 Å². The van der Waals surface area contributed by atoms with E-state index >= 15 is 0 Å². The van der Waals surface area contributed by atoms with Gasteiger partial charge in [0.15, 0.2) is 0 Å². The molecule has 0 spiro atoms. The lowest BCUT2D eigenvalue weighted by atomic mass is 9.85. The van der Waals surface area contributed by atoms with Crippen LogP contribution in [-0.2, 0) is 20.9 Å². The van der Waals surface area contributed by atoms with Crippen molar-refractivity contribution in [1.29, 1.82) is 0 Å². The highest BCUT2D eigenvalue weighted by Crippen LogP contribution is 2.48. The van der Waals surface area contributed by atoms with E-state index in [1.807, 2.05) is 24.3 Å². The van der Waals surface area contributed by atoms with Crippen molar-refractivity contribution in [1.82, 2.24) is 4.72 Å². The van der Waals surface area contributed by atoms with Crippen LogP contribution in [0.2, 0.25) is 0 Å². The average molecular weight is 335 g/mol. The molecule has 0 aliphatic heterocycles. The molecule has 1 aliphatic carbocycles. The minimum Gasteiger partial charge on any atom is -0.206 e. The lowest BCUT2D eigenvalue weighted by molar-refractivity contribution is -0.0448. The van der Waals surface area contributed by atoms with Gasteiger partial charge < -0.3 is 0 Å². The van der Waals surface area contributed by atoms with Crippen LogP contribution in [0.25, 0.3) is 0 Å². The monoisotopic (exact) mass is 335 g/mol. The molecule has 1 aromatic rings. The summed E-state index contributed by atoms with van der Waals surface area (Å²) in [6.07, 6.45) is 1.37. The number of nitrogens with one attached hydrogen (secondary N) is 1. The molecule has 1 N–H and O–H groups in total. The first-order valence-electron chi connectivity index (χ1n) is 7.04. The minimum absolute atomic E-state index is 0.00683. The molecule has 7 heteroatoms. The summed E-state index contributed by atoms with van der Waals surface area (Å²) in [5.74, 6) is 0. The van der Waals surface area contributed by atoms with Crippen LogP contribution in [0.3, 0.4) is 0 Å². The smallest absolute Gasteiger partial charge is 0.206 e. The van der Waals surface area contributed by atoms with E-state index in [0.29, 0.717) is 12.8 Å². The molecule has 0 aromatic heterocycles. The fourth-order valence-corrected chi connectivity index (χ4v) is 2.99. The van der Waals surface area contributed by atoms with Crippen molar-refractivity contribution in [3.8, 4) is 0 Å². The molecular formula is C15H20F3NO2S. The Morgan fingerprint density at radius 3 is 1.95 bits per heavy atom. The summed E-state index contributed by atoms with van der Waals surface area (Å²) in [7, 11) is -5.28. The summed E-state index contributed by atoms with van der Waals surface area (Å²) in [6.45, 7) is 6.01. The maximum absolute atomic E-state index is 12.4. The summed E-state index contributed by atoms with van der Waals surface area (Å²) in [5.41, 5.74) is -3.77. The molecule has 22 heavy (non-hydrogen) atoms. The Morgan fingerprint density at radius 2 is 1.59 bits per heavy atom. The van der Waals surface area contributed by atoms with Crippen LogP contribution in [0.5, 0.6) is 0 Å². The molecule has 0 atom stereocenters. The number of alkyl halides is 3. The molecule has 0 amide bonds. The van der Waals surface area contributed by atoms with Crippen LogP contribution in [-0.4, -0.2) is 20.5 Å². The summed E-state index contributed by atoms with van der Waals surface area (Å²) >= 11 is 0. The van der Waals surface area contributed by atoms with E-state index < -0.39 is 20.9 Å². The highest BCUT2D eigenvalue weighted by Gasteiger charge is 2.50. The van der Waals surface area contributed by atoms with Gasteiger partial charge in [0.2, 0.25) is 0 Å². The first-order valence-corrected chi connectivity index (χ1v) is 8.53. The van der Waals surface area contributed by atoms with Crippen molar-refractivity contribution in [3.05, 3.63) is 35.4 Å². The van der Waals surface area contributed by atoms with E-state index in [2.05, 4.69) is 20.8 Å². The van der Waals surface area contributed by atoms with E-state index in [-0.39, 0.29) is 12.0 Å². The predicted molar refractivity (Wildman–Crippen MR) is 79.0 cm³/mol. The van der Waals surface area contributed by atoms with Crippen LogP contribution in [0.1, 0.15) is 44.7 Å². The number of benzene rings is 1. The largest absolute Gasteiger partial charge is 0.511 e. The zero-order valence-corrected chi connectivity index (χ0v) is 13.6. The fraction of sp³-hybridized carbons (Fsp3) is 0.600. The molecule has 1 aromatic carbocycles. The maximum atomic E-state index is 12.4. The van der Waals surface area contributed by atoms with Gasteiger partial charge in [-0.3, -0.25) is 0 Å². The van der Waals surface area contributed by atoms with Crippen LogP contribution in [0, 0.1) is 0 Å². The molecule has 0 radical (unpaired) electrons. The van der Waals surface area contributed by atoms with Crippen molar-refractivity contribution >= 4 is 10.0 Å². The Bertz CT molecular complexity index is 639. The third-order valence-electron chi connectivity index (χ3n) is 4.12. The van der Waals surface area contributed by atoms with Gasteiger partial charge in [-0.2, -0.15) is 13.2 Å². The second-order valence-electron chi connectivity index (χ2n) is 6.88. The van der Waals surface area contributed by atoms with Crippen molar-refractivity contribution in [2.45, 2.75) is 50.0 Å². The van der Waals surface area contributed by atoms with E-state index in [9.17, 15) is 21.6 Å². The lowest BCUT2D eigenvalue weighted by Crippen LogP contribution is -2.40. The highest BCUT2D eigenvalue weighted by molar-refractivity contribution is 7.90. The molecular weight excluding hydrogens is 315 g/mol. The second-order valence-corrected chi connectivity index (χ2v) is 8.64. The zero-order chi connectivity index (χ0) is 16.8. The fourth-order valence-electron chi connectivity index (χ4n) is 2.36. The third-order valence-corrected chi connectivity index (χ3v) is 5.26. The van der Waals surface area contributed by atoms with E-state index in [1.54, 1.807) is 4.72 Å². The quantitative estimate of drug-likeness (QED) is 0.916. The Balaban J connectivity index is 2.13. The van der Waals surface area contributed by atoms with Gasteiger partial charge in [0.25, 0.3) is 0 Å². The second kappa shape index (κ2) is 5.23.